The van der Waals surface area contributed by atoms with E-state index in [-0.39, 0.29) is 34.8 Å². The first-order chi connectivity index (χ1) is 13.6. The number of hydroxylamine groups is 2. The van der Waals surface area contributed by atoms with Gasteiger partial charge in [-0.15, -0.1) is 11.6 Å². The lowest BCUT2D eigenvalue weighted by Gasteiger charge is -2.40. The lowest BCUT2D eigenvalue weighted by Crippen LogP contribution is -2.45. The van der Waals surface area contributed by atoms with Gasteiger partial charge < -0.3 is 0 Å². The Hall–Kier alpha value is -2.09. The van der Waals surface area contributed by atoms with Crippen molar-refractivity contribution in [2.45, 2.75) is 30.3 Å². The van der Waals surface area contributed by atoms with Crippen LogP contribution in [0.3, 0.4) is 0 Å². The van der Waals surface area contributed by atoms with E-state index in [0.717, 1.165) is 17.2 Å². The Morgan fingerprint density at radius 2 is 1.72 bits per heavy atom. The maximum absolute atomic E-state index is 13.0. The Balaban J connectivity index is 1.69. The molecule has 0 saturated heterocycles. The molecule has 3 unspecified atom stereocenters. The first-order valence-electron chi connectivity index (χ1n) is 8.77. The maximum Gasteiger partial charge on any atom is 0.416 e. The van der Waals surface area contributed by atoms with Crippen molar-refractivity contribution in [1.29, 1.82) is 0 Å². The van der Waals surface area contributed by atoms with Crippen LogP contribution in [0.4, 0.5) is 13.2 Å². The molecule has 1 aliphatic heterocycles. The number of carbonyl (C=O) groups is 2. The average molecular weight is 444 g/mol. The van der Waals surface area contributed by atoms with E-state index in [2.05, 4.69) is 0 Å². The van der Waals surface area contributed by atoms with Crippen molar-refractivity contribution in [1.82, 2.24) is 5.06 Å². The van der Waals surface area contributed by atoms with Crippen LogP contribution in [0.25, 0.3) is 0 Å². The number of alkyl halides is 4. The van der Waals surface area contributed by atoms with Crippen LogP contribution >= 0.6 is 23.2 Å². The number of ketones is 2. The molecule has 3 aliphatic rings. The molecule has 0 radical (unpaired) electrons. The normalized spacial score (nSPS) is 27.4. The van der Waals surface area contributed by atoms with Gasteiger partial charge in [-0.1, -0.05) is 23.7 Å². The van der Waals surface area contributed by atoms with Gasteiger partial charge in [-0.05, 0) is 42.2 Å². The van der Waals surface area contributed by atoms with Crippen LogP contribution in [0.1, 0.15) is 29.9 Å². The fourth-order valence-electron chi connectivity index (χ4n) is 4.00. The van der Waals surface area contributed by atoms with Gasteiger partial charge in [0.1, 0.15) is 0 Å². The second kappa shape index (κ2) is 7.00. The summed E-state index contributed by atoms with van der Waals surface area (Å²) < 4.78 is 38.4. The number of hydrogen-bond donors (Lipinski definition) is 1. The van der Waals surface area contributed by atoms with E-state index in [9.17, 15) is 28.0 Å². The molecule has 4 nitrogen and oxygen atoms in total. The molecule has 4 rings (SSSR count). The van der Waals surface area contributed by atoms with Crippen LogP contribution in [0, 0.1) is 5.92 Å². The molecule has 152 valence electrons. The minimum absolute atomic E-state index is 0.0495. The molecule has 0 amide bonds. The zero-order chi connectivity index (χ0) is 21.1. The number of rotatable bonds is 1. The largest absolute Gasteiger partial charge is 0.416 e. The number of halogens is 5. The first kappa shape index (κ1) is 20.2. The summed E-state index contributed by atoms with van der Waals surface area (Å²) in [6.07, 6.45) is -1.43. The molecule has 0 saturated carbocycles. The highest BCUT2D eigenvalue weighted by Gasteiger charge is 2.48. The summed E-state index contributed by atoms with van der Waals surface area (Å²) in [7, 11) is 0. The molecule has 0 spiro atoms. The van der Waals surface area contributed by atoms with E-state index in [1.54, 1.807) is 0 Å². The van der Waals surface area contributed by atoms with E-state index in [1.807, 2.05) is 0 Å². The molecule has 0 bridgehead atoms. The van der Waals surface area contributed by atoms with Gasteiger partial charge in [-0.2, -0.15) is 13.2 Å². The molecule has 1 N–H and O–H groups in total. The van der Waals surface area contributed by atoms with Crippen molar-refractivity contribution in [3.63, 3.8) is 0 Å². The Morgan fingerprint density at radius 1 is 1.07 bits per heavy atom. The number of allylic oxidation sites excluding steroid dienone is 6. The predicted octanol–water partition coefficient (Wildman–Crippen LogP) is 4.92. The second-order valence-corrected chi connectivity index (χ2v) is 8.08. The van der Waals surface area contributed by atoms with Crippen molar-refractivity contribution in [3.8, 4) is 0 Å². The molecule has 2 aliphatic carbocycles. The van der Waals surface area contributed by atoms with E-state index in [1.165, 1.54) is 24.3 Å². The van der Waals surface area contributed by atoms with Crippen molar-refractivity contribution in [3.05, 3.63) is 69.5 Å². The SMILES string of the molecule is O=C1CC(c2ccc(C(F)(F)F)cc2)CC2=C1C(=O)C1C(=CC=C(Cl)C1Cl)N2O. The number of carbonyl (C=O) groups excluding carboxylic acids is 2. The van der Waals surface area contributed by atoms with Gasteiger partial charge in [0.15, 0.2) is 11.6 Å². The highest BCUT2D eigenvalue weighted by Crippen LogP contribution is 2.46. The second-order valence-electron chi connectivity index (χ2n) is 7.17. The highest BCUT2D eigenvalue weighted by atomic mass is 35.5. The average Bonchev–Trinajstić information content (AvgIpc) is 2.67. The van der Waals surface area contributed by atoms with Gasteiger partial charge in [0.25, 0.3) is 0 Å². The number of fused-ring (bicyclic) bond motifs is 1. The van der Waals surface area contributed by atoms with Crippen LogP contribution in [-0.4, -0.2) is 27.2 Å². The van der Waals surface area contributed by atoms with Crippen molar-refractivity contribution < 1.29 is 28.0 Å². The third-order valence-corrected chi connectivity index (χ3v) is 6.43. The lowest BCUT2D eigenvalue weighted by molar-refractivity contribution is -0.137. The maximum atomic E-state index is 13.0. The van der Waals surface area contributed by atoms with Gasteiger partial charge in [0, 0.05) is 11.5 Å². The summed E-state index contributed by atoms with van der Waals surface area (Å²) in [5, 5.41) is 10.8. The first-order valence-corrected chi connectivity index (χ1v) is 9.59. The summed E-state index contributed by atoms with van der Waals surface area (Å²) in [6, 6.07) is 4.55. The monoisotopic (exact) mass is 443 g/mol. The number of benzene rings is 1. The Kier molecular flexibility index (Phi) is 4.88. The zero-order valence-corrected chi connectivity index (χ0v) is 16.2. The minimum atomic E-state index is -4.45. The lowest BCUT2D eigenvalue weighted by atomic mass is 9.74. The molecule has 1 heterocycles. The van der Waals surface area contributed by atoms with Crippen LogP contribution < -0.4 is 0 Å². The van der Waals surface area contributed by atoms with E-state index in [4.69, 9.17) is 23.2 Å². The number of Topliss-reactive ketones (excluding diaryl/α,β-unsaturated/α-hetero) is 2. The smallest absolute Gasteiger partial charge is 0.294 e. The summed E-state index contributed by atoms with van der Waals surface area (Å²) in [4.78, 5) is 25.7. The fourth-order valence-corrected chi connectivity index (χ4v) is 4.50. The third kappa shape index (κ3) is 3.31. The van der Waals surface area contributed by atoms with Crippen molar-refractivity contribution in [2.75, 3.05) is 0 Å². The minimum Gasteiger partial charge on any atom is -0.294 e. The van der Waals surface area contributed by atoms with Crippen LogP contribution in [0.15, 0.2) is 58.4 Å². The molecule has 1 aromatic rings. The molecular weight excluding hydrogens is 430 g/mol. The van der Waals surface area contributed by atoms with Crippen LogP contribution in [-0.2, 0) is 15.8 Å². The molecule has 29 heavy (non-hydrogen) atoms. The van der Waals surface area contributed by atoms with Crippen molar-refractivity contribution in [2.24, 2.45) is 5.92 Å². The van der Waals surface area contributed by atoms with Gasteiger partial charge in [-0.3, -0.25) is 14.8 Å². The van der Waals surface area contributed by atoms with Gasteiger partial charge >= 0.3 is 6.18 Å². The predicted molar refractivity (Wildman–Crippen MR) is 99.2 cm³/mol. The Labute approximate surface area is 173 Å². The molecule has 3 atom stereocenters. The molecule has 0 aromatic heterocycles. The van der Waals surface area contributed by atoms with E-state index in [0.29, 0.717) is 5.56 Å². The van der Waals surface area contributed by atoms with E-state index < -0.39 is 40.5 Å². The summed E-state index contributed by atoms with van der Waals surface area (Å²) in [6.45, 7) is 0. The summed E-state index contributed by atoms with van der Waals surface area (Å²) in [5.41, 5.74) is -0.0219. The third-order valence-electron chi connectivity index (χ3n) is 5.47. The van der Waals surface area contributed by atoms with Gasteiger partial charge in [-0.25, -0.2) is 5.06 Å². The molecule has 0 fully saturated rings. The quantitative estimate of drug-likeness (QED) is 0.494. The summed E-state index contributed by atoms with van der Waals surface area (Å²) in [5.74, 6) is -2.41. The van der Waals surface area contributed by atoms with Crippen molar-refractivity contribution >= 4 is 34.8 Å². The Bertz CT molecular complexity index is 995. The fraction of sp³-hybridized carbons (Fsp3) is 0.300. The topological polar surface area (TPSA) is 57.6 Å². The van der Waals surface area contributed by atoms with Crippen LogP contribution in [0.2, 0.25) is 0 Å². The number of nitrogens with zero attached hydrogens (tertiary/aromatic N) is 1. The zero-order valence-electron chi connectivity index (χ0n) is 14.7. The molecular formula is C20H14Cl2F3NO3. The molecule has 9 heteroatoms. The number of hydrogen-bond acceptors (Lipinski definition) is 4. The van der Waals surface area contributed by atoms with E-state index >= 15 is 0 Å². The van der Waals surface area contributed by atoms with Gasteiger partial charge in [0.2, 0.25) is 0 Å². The molecule has 1 aromatic carbocycles. The highest BCUT2D eigenvalue weighted by molar-refractivity contribution is 6.39. The summed E-state index contributed by atoms with van der Waals surface area (Å²) >= 11 is 12.2. The van der Waals surface area contributed by atoms with Crippen LogP contribution in [0.5, 0.6) is 0 Å². The van der Waals surface area contributed by atoms with Gasteiger partial charge in [0.05, 0.1) is 33.8 Å². The Morgan fingerprint density at radius 3 is 2.34 bits per heavy atom. The standard InChI is InChI=1S/C20H14Cl2F3NO3/c21-12-5-6-13-17(18(12)22)19(28)16-14(26(13)29)7-10(8-15(16)27)9-1-3-11(4-2-9)20(23,24)25/h1-6,10,17-18,29H,7-8H2.